The van der Waals surface area contributed by atoms with E-state index in [0.29, 0.717) is 11.0 Å². The van der Waals surface area contributed by atoms with E-state index in [2.05, 4.69) is 36.9 Å². The smallest absolute Gasteiger partial charge is 0.161 e. The summed E-state index contributed by atoms with van der Waals surface area (Å²) < 4.78 is 0.772. The molecule has 2 heterocycles. The standard InChI is InChI=1S/C16H13BrClN3/c1-3-12-14(17)15(18)21-16(20-12)11-6-7-13-10(8-11)5-4-9(2)19-13/h4-8H,3H2,1-2H3. The molecular formula is C16H13BrClN3. The van der Waals surface area contributed by atoms with Crippen LogP contribution in [0.4, 0.5) is 0 Å². The largest absolute Gasteiger partial charge is 0.253 e. The highest BCUT2D eigenvalue weighted by atomic mass is 79.9. The van der Waals surface area contributed by atoms with Crippen molar-refractivity contribution in [2.24, 2.45) is 0 Å². The summed E-state index contributed by atoms with van der Waals surface area (Å²) in [5, 5.41) is 1.51. The van der Waals surface area contributed by atoms with E-state index in [9.17, 15) is 0 Å². The maximum atomic E-state index is 6.18. The lowest BCUT2D eigenvalue weighted by Gasteiger charge is -2.07. The molecule has 0 saturated carbocycles. The van der Waals surface area contributed by atoms with Gasteiger partial charge in [0.05, 0.1) is 15.7 Å². The number of aromatic nitrogens is 3. The second-order valence-corrected chi connectivity index (χ2v) is 5.96. The predicted molar refractivity (Wildman–Crippen MR) is 89.6 cm³/mol. The van der Waals surface area contributed by atoms with Gasteiger partial charge in [0, 0.05) is 16.6 Å². The van der Waals surface area contributed by atoms with E-state index < -0.39 is 0 Å². The van der Waals surface area contributed by atoms with Crippen molar-refractivity contribution in [2.45, 2.75) is 20.3 Å². The van der Waals surface area contributed by atoms with Gasteiger partial charge in [-0.1, -0.05) is 24.6 Å². The zero-order chi connectivity index (χ0) is 15.0. The van der Waals surface area contributed by atoms with Gasteiger partial charge in [0.1, 0.15) is 5.15 Å². The van der Waals surface area contributed by atoms with Crippen LogP contribution in [0.3, 0.4) is 0 Å². The third kappa shape index (κ3) is 2.78. The van der Waals surface area contributed by atoms with Gasteiger partial charge >= 0.3 is 0 Å². The lowest BCUT2D eigenvalue weighted by Crippen LogP contribution is -1.97. The normalized spacial score (nSPS) is 11.0. The molecule has 106 valence electrons. The molecule has 0 spiro atoms. The topological polar surface area (TPSA) is 38.7 Å². The fourth-order valence-corrected chi connectivity index (χ4v) is 2.84. The van der Waals surface area contributed by atoms with Crippen LogP contribution in [-0.2, 0) is 6.42 Å². The molecule has 0 aliphatic carbocycles. The van der Waals surface area contributed by atoms with E-state index in [0.717, 1.165) is 38.7 Å². The van der Waals surface area contributed by atoms with Crippen molar-refractivity contribution in [3.05, 3.63) is 51.3 Å². The quantitative estimate of drug-likeness (QED) is 0.604. The zero-order valence-electron chi connectivity index (χ0n) is 11.7. The molecule has 3 nitrogen and oxygen atoms in total. The van der Waals surface area contributed by atoms with E-state index in [4.69, 9.17) is 11.6 Å². The summed E-state index contributed by atoms with van der Waals surface area (Å²) >= 11 is 9.60. The Morgan fingerprint density at radius 2 is 1.90 bits per heavy atom. The monoisotopic (exact) mass is 361 g/mol. The first kappa shape index (κ1) is 14.4. The summed E-state index contributed by atoms with van der Waals surface area (Å²) in [6, 6.07) is 10.1. The Bertz CT molecular complexity index is 833. The maximum absolute atomic E-state index is 6.18. The van der Waals surface area contributed by atoms with Crippen LogP contribution < -0.4 is 0 Å². The minimum Gasteiger partial charge on any atom is -0.253 e. The third-order valence-electron chi connectivity index (χ3n) is 3.30. The molecule has 2 aromatic heterocycles. The molecule has 0 fully saturated rings. The Morgan fingerprint density at radius 3 is 2.67 bits per heavy atom. The molecule has 0 saturated heterocycles. The van der Waals surface area contributed by atoms with Crippen LogP contribution in [0.1, 0.15) is 18.3 Å². The number of hydrogen-bond donors (Lipinski definition) is 0. The predicted octanol–water partition coefficient (Wildman–Crippen LogP) is 4.98. The lowest BCUT2D eigenvalue weighted by molar-refractivity contribution is 0.991. The molecule has 21 heavy (non-hydrogen) atoms. The minimum atomic E-state index is 0.443. The molecule has 0 aliphatic heterocycles. The van der Waals surface area contributed by atoms with Crippen molar-refractivity contribution >= 4 is 38.4 Å². The first-order valence-electron chi connectivity index (χ1n) is 6.68. The van der Waals surface area contributed by atoms with Crippen LogP contribution in [0.25, 0.3) is 22.3 Å². The second kappa shape index (κ2) is 5.70. The molecule has 0 radical (unpaired) electrons. The summed E-state index contributed by atoms with van der Waals surface area (Å²) in [4.78, 5) is 13.4. The number of nitrogens with zero attached hydrogens (tertiary/aromatic N) is 3. The molecule has 0 amide bonds. The summed E-state index contributed by atoms with van der Waals surface area (Å²) in [5.41, 5.74) is 3.83. The highest BCUT2D eigenvalue weighted by Gasteiger charge is 2.11. The maximum Gasteiger partial charge on any atom is 0.161 e. The van der Waals surface area contributed by atoms with Crippen molar-refractivity contribution in [3.8, 4) is 11.4 Å². The van der Waals surface area contributed by atoms with Crippen LogP contribution in [0.15, 0.2) is 34.8 Å². The highest BCUT2D eigenvalue weighted by molar-refractivity contribution is 9.10. The van der Waals surface area contributed by atoms with E-state index in [1.165, 1.54) is 0 Å². The molecule has 0 aliphatic rings. The molecule has 0 bridgehead atoms. The first-order valence-corrected chi connectivity index (χ1v) is 7.85. The highest BCUT2D eigenvalue weighted by Crippen LogP contribution is 2.28. The number of fused-ring (bicyclic) bond motifs is 1. The minimum absolute atomic E-state index is 0.443. The first-order chi connectivity index (χ1) is 10.1. The Morgan fingerprint density at radius 1 is 1.10 bits per heavy atom. The van der Waals surface area contributed by atoms with Crippen LogP contribution in [-0.4, -0.2) is 15.0 Å². The number of aryl methyl sites for hydroxylation is 2. The summed E-state index contributed by atoms with van der Waals surface area (Å²) in [6.45, 7) is 4.03. The van der Waals surface area contributed by atoms with Crippen molar-refractivity contribution in [1.29, 1.82) is 0 Å². The average molecular weight is 363 g/mol. The van der Waals surface area contributed by atoms with Crippen LogP contribution in [0.5, 0.6) is 0 Å². The van der Waals surface area contributed by atoms with Gasteiger partial charge in [-0.15, -0.1) is 0 Å². The number of halogens is 2. The fourth-order valence-electron chi connectivity index (χ4n) is 2.19. The van der Waals surface area contributed by atoms with Crippen molar-refractivity contribution in [1.82, 2.24) is 15.0 Å². The number of rotatable bonds is 2. The fraction of sp³-hybridized carbons (Fsp3) is 0.188. The van der Waals surface area contributed by atoms with Gasteiger partial charge in [-0.2, -0.15) is 0 Å². The Hall–Kier alpha value is -1.52. The van der Waals surface area contributed by atoms with Gasteiger partial charge < -0.3 is 0 Å². The van der Waals surface area contributed by atoms with Gasteiger partial charge in [0.25, 0.3) is 0 Å². The third-order valence-corrected chi connectivity index (χ3v) is 4.64. The molecule has 1 aromatic carbocycles. The van der Waals surface area contributed by atoms with E-state index in [1.54, 1.807) is 0 Å². The second-order valence-electron chi connectivity index (χ2n) is 4.81. The number of hydrogen-bond acceptors (Lipinski definition) is 3. The molecule has 0 unspecified atom stereocenters. The van der Waals surface area contributed by atoms with Crippen molar-refractivity contribution in [2.75, 3.05) is 0 Å². The summed E-state index contributed by atoms with van der Waals surface area (Å²) in [6.07, 6.45) is 0.796. The van der Waals surface area contributed by atoms with Gasteiger partial charge in [-0.05, 0) is 53.5 Å². The van der Waals surface area contributed by atoms with Crippen molar-refractivity contribution < 1.29 is 0 Å². The molecule has 0 N–H and O–H groups in total. The van der Waals surface area contributed by atoms with Crippen LogP contribution >= 0.6 is 27.5 Å². The van der Waals surface area contributed by atoms with Gasteiger partial charge in [0.15, 0.2) is 5.82 Å². The Balaban J connectivity index is 2.16. The number of pyridine rings is 1. The Labute approximate surface area is 136 Å². The van der Waals surface area contributed by atoms with Gasteiger partial charge in [0.2, 0.25) is 0 Å². The van der Waals surface area contributed by atoms with E-state index in [-0.39, 0.29) is 0 Å². The summed E-state index contributed by atoms with van der Waals surface area (Å²) in [7, 11) is 0. The van der Waals surface area contributed by atoms with E-state index in [1.807, 2.05) is 38.1 Å². The summed E-state index contributed by atoms with van der Waals surface area (Å²) in [5.74, 6) is 0.641. The lowest BCUT2D eigenvalue weighted by atomic mass is 10.1. The van der Waals surface area contributed by atoms with Crippen LogP contribution in [0, 0.1) is 6.92 Å². The SMILES string of the molecule is CCc1nc(-c2ccc3nc(C)ccc3c2)nc(Cl)c1Br. The van der Waals surface area contributed by atoms with Gasteiger partial charge in [-0.25, -0.2) is 9.97 Å². The zero-order valence-corrected chi connectivity index (χ0v) is 14.0. The molecule has 3 aromatic rings. The van der Waals surface area contributed by atoms with E-state index >= 15 is 0 Å². The van der Waals surface area contributed by atoms with Crippen LogP contribution in [0.2, 0.25) is 5.15 Å². The molecule has 3 rings (SSSR count). The number of benzene rings is 1. The average Bonchev–Trinajstić information content (AvgIpc) is 2.49. The molecule has 0 atom stereocenters. The van der Waals surface area contributed by atoms with Crippen molar-refractivity contribution in [3.63, 3.8) is 0 Å². The molecular weight excluding hydrogens is 350 g/mol. The van der Waals surface area contributed by atoms with Gasteiger partial charge in [-0.3, -0.25) is 4.98 Å². The molecule has 5 heteroatoms. The Kier molecular flexibility index (Phi) is 3.91.